The second-order valence-electron chi connectivity index (χ2n) is 9.20. The summed E-state index contributed by atoms with van der Waals surface area (Å²) in [6.45, 7) is 11.0. The predicted octanol–water partition coefficient (Wildman–Crippen LogP) is 6.37. The van der Waals surface area contributed by atoms with E-state index in [0.717, 1.165) is 38.9 Å². The molecule has 0 bridgehead atoms. The summed E-state index contributed by atoms with van der Waals surface area (Å²) in [6, 6.07) is 11.6. The topological polar surface area (TPSA) is 3.88 Å². The number of halogens is 3. The van der Waals surface area contributed by atoms with Gasteiger partial charge < -0.3 is 0 Å². The first-order chi connectivity index (χ1) is 13.3. The Labute approximate surface area is 170 Å². The number of aromatic nitrogens is 1. The molecule has 1 aliphatic rings. The number of benzene rings is 2. The Morgan fingerprint density at radius 1 is 0.897 bits per heavy atom. The fourth-order valence-corrected chi connectivity index (χ4v) is 5.13. The van der Waals surface area contributed by atoms with E-state index in [1.54, 1.807) is 26.0 Å². The molecule has 1 unspecified atom stereocenters. The van der Waals surface area contributed by atoms with Crippen LogP contribution in [-0.2, 0) is 17.9 Å². The normalized spacial score (nSPS) is 20.5. The van der Waals surface area contributed by atoms with Crippen LogP contribution in [0.1, 0.15) is 48.6 Å². The van der Waals surface area contributed by atoms with Gasteiger partial charge in [-0.05, 0) is 56.0 Å². The van der Waals surface area contributed by atoms with E-state index in [4.69, 9.17) is 0 Å². The summed E-state index contributed by atoms with van der Waals surface area (Å²) in [5, 5.41) is 0.741. The Kier molecular flexibility index (Phi) is 4.01. The molecule has 4 rings (SSSR count). The molecule has 0 spiro atoms. The van der Waals surface area contributed by atoms with Crippen molar-refractivity contribution in [2.45, 2.75) is 58.5 Å². The quantitative estimate of drug-likeness (QED) is 0.420. The average molecular weight is 398 g/mol. The predicted molar refractivity (Wildman–Crippen MR) is 111 cm³/mol. The van der Waals surface area contributed by atoms with E-state index in [1.165, 1.54) is 12.5 Å². The van der Waals surface area contributed by atoms with E-state index >= 15 is 0 Å². The standard InChI is InChI=1S/C25H27F3N/c1-14-11-15(2)16(3)17(12-14)21-13-19-22-18(9-8-10-20(22)29(21)7)24(6,23(19,4)5)25(26,27)28/h8-13H,1-7H3/q+1. The smallest absolute Gasteiger partial charge is 0.194 e. The molecule has 1 aliphatic carbocycles. The SMILES string of the molecule is Cc1cc(C)c(C)c(-c2cc3c4c(cccc4[n+]2C)C(C)(C(F)(F)F)C3(C)C)c1. The Bertz CT molecular complexity index is 1170. The van der Waals surface area contributed by atoms with Crippen molar-refractivity contribution < 1.29 is 17.7 Å². The lowest BCUT2D eigenvalue weighted by Crippen LogP contribution is -2.50. The molecule has 4 heteroatoms. The molecular formula is C25H27F3N+. The van der Waals surface area contributed by atoms with E-state index in [0.29, 0.717) is 5.56 Å². The molecule has 3 aromatic rings. The summed E-state index contributed by atoms with van der Waals surface area (Å²) in [4.78, 5) is 0. The van der Waals surface area contributed by atoms with Crippen LogP contribution in [0.3, 0.4) is 0 Å². The Morgan fingerprint density at radius 2 is 1.55 bits per heavy atom. The van der Waals surface area contributed by atoms with Crippen LogP contribution < -0.4 is 4.57 Å². The number of hydrogen-bond acceptors (Lipinski definition) is 0. The van der Waals surface area contributed by atoms with Crippen molar-refractivity contribution in [1.29, 1.82) is 0 Å². The van der Waals surface area contributed by atoms with Crippen LogP contribution in [0.5, 0.6) is 0 Å². The molecule has 1 nitrogen and oxygen atoms in total. The molecule has 0 fully saturated rings. The highest BCUT2D eigenvalue weighted by molar-refractivity contribution is 5.91. The molecule has 0 aliphatic heterocycles. The Hall–Kier alpha value is -2.36. The van der Waals surface area contributed by atoms with Crippen LogP contribution in [0.2, 0.25) is 0 Å². The average Bonchev–Trinajstić information content (AvgIpc) is 2.80. The summed E-state index contributed by atoms with van der Waals surface area (Å²) in [6.07, 6.45) is -4.35. The zero-order valence-electron chi connectivity index (χ0n) is 18.0. The molecule has 0 amide bonds. The highest BCUT2D eigenvalue weighted by atomic mass is 19.4. The molecule has 0 saturated carbocycles. The van der Waals surface area contributed by atoms with Gasteiger partial charge in [0.15, 0.2) is 0 Å². The maximum Gasteiger partial charge on any atom is 0.399 e. The number of alkyl halides is 3. The minimum Gasteiger partial charge on any atom is -0.194 e. The minimum absolute atomic E-state index is 0.377. The van der Waals surface area contributed by atoms with Gasteiger partial charge in [0.2, 0.25) is 11.2 Å². The van der Waals surface area contributed by atoms with Crippen molar-refractivity contribution in [2.24, 2.45) is 7.05 Å². The Morgan fingerprint density at radius 3 is 2.17 bits per heavy atom. The molecule has 1 aromatic heterocycles. The van der Waals surface area contributed by atoms with Crippen molar-refractivity contribution in [1.82, 2.24) is 0 Å². The van der Waals surface area contributed by atoms with Gasteiger partial charge in [-0.3, -0.25) is 0 Å². The molecule has 0 radical (unpaired) electrons. The van der Waals surface area contributed by atoms with E-state index in [2.05, 4.69) is 32.9 Å². The van der Waals surface area contributed by atoms with Gasteiger partial charge >= 0.3 is 6.18 Å². The maximum absolute atomic E-state index is 14.4. The van der Waals surface area contributed by atoms with Crippen molar-refractivity contribution in [3.05, 3.63) is 64.2 Å². The van der Waals surface area contributed by atoms with E-state index in [1.807, 2.05) is 23.7 Å². The maximum atomic E-state index is 14.4. The van der Waals surface area contributed by atoms with Crippen LogP contribution in [0, 0.1) is 20.8 Å². The third kappa shape index (κ3) is 2.38. The van der Waals surface area contributed by atoms with Crippen molar-refractivity contribution >= 4 is 10.9 Å². The fourth-order valence-electron chi connectivity index (χ4n) is 5.13. The van der Waals surface area contributed by atoms with Crippen molar-refractivity contribution in [2.75, 3.05) is 0 Å². The summed E-state index contributed by atoms with van der Waals surface area (Å²) in [7, 11) is 1.95. The lowest BCUT2D eigenvalue weighted by atomic mass is 9.64. The van der Waals surface area contributed by atoms with E-state index in [9.17, 15) is 13.2 Å². The van der Waals surface area contributed by atoms with E-state index in [-0.39, 0.29) is 0 Å². The minimum atomic E-state index is -4.35. The highest BCUT2D eigenvalue weighted by Crippen LogP contribution is 2.60. The fraction of sp³-hybridized carbons (Fsp3) is 0.400. The van der Waals surface area contributed by atoms with Gasteiger partial charge in [0.25, 0.3) is 0 Å². The van der Waals surface area contributed by atoms with Crippen LogP contribution in [-0.4, -0.2) is 6.18 Å². The molecule has 152 valence electrons. The van der Waals surface area contributed by atoms with Crippen LogP contribution >= 0.6 is 0 Å². The van der Waals surface area contributed by atoms with Gasteiger partial charge in [0.1, 0.15) is 7.05 Å². The third-order valence-electron chi connectivity index (χ3n) is 7.43. The van der Waals surface area contributed by atoms with Gasteiger partial charge in [0, 0.05) is 23.1 Å². The highest BCUT2D eigenvalue weighted by Gasteiger charge is 2.65. The van der Waals surface area contributed by atoms with Crippen molar-refractivity contribution in [3.63, 3.8) is 0 Å². The number of aryl methyl sites for hydroxylation is 3. The number of hydrogen-bond donors (Lipinski definition) is 0. The molecule has 1 atom stereocenters. The van der Waals surface area contributed by atoms with Gasteiger partial charge in [0.05, 0.1) is 10.8 Å². The first-order valence-electron chi connectivity index (χ1n) is 9.94. The van der Waals surface area contributed by atoms with Crippen LogP contribution in [0.25, 0.3) is 22.2 Å². The van der Waals surface area contributed by atoms with Gasteiger partial charge in [-0.25, -0.2) is 0 Å². The third-order valence-corrected chi connectivity index (χ3v) is 7.43. The van der Waals surface area contributed by atoms with Crippen molar-refractivity contribution in [3.8, 4) is 11.3 Å². The summed E-state index contributed by atoms with van der Waals surface area (Å²) in [5.74, 6) is 0. The molecule has 2 aromatic carbocycles. The van der Waals surface area contributed by atoms with Gasteiger partial charge in [-0.1, -0.05) is 37.6 Å². The monoisotopic (exact) mass is 398 g/mol. The van der Waals surface area contributed by atoms with E-state index < -0.39 is 17.0 Å². The molecule has 1 heterocycles. The summed E-state index contributed by atoms with van der Waals surface area (Å²) < 4.78 is 45.3. The molecule has 0 saturated heterocycles. The molecular weight excluding hydrogens is 371 g/mol. The first-order valence-corrected chi connectivity index (χ1v) is 9.94. The largest absolute Gasteiger partial charge is 0.399 e. The summed E-state index contributed by atoms with van der Waals surface area (Å²) >= 11 is 0. The number of rotatable bonds is 1. The van der Waals surface area contributed by atoms with Crippen LogP contribution in [0.4, 0.5) is 13.2 Å². The zero-order chi connectivity index (χ0) is 21.5. The lowest BCUT2D eigenvalue weighted by Gasteiger charge is -2.41. The Balaban J connectivity index is 2.15. The number of pyridine rings is 1. The first kappa shape index (κ1) is 19.9. The van der Waals surface area contributed by atoms with Crippen LogP contribution in [0.15, 0.2) is 36.4 Å². The zero-order valence-corrected chi connectivity index (χ0v) is 18.0. The number of nitrogens with zero attached hydrogens (tertiary/aromatic N) is 1. The second-order valence-corrected chi connectivity index (χ2v) is 9.20. The molecule has 29 heavy (non-hydrogen) atoms. The van der Waals surface area contributed by atoms with Gasteiger partial charge in [-0.15, -0.1) is 0 Å². The van der Waals surface area contributed by atoms with Gasteiger partial charge in [-0.2, -0.15) is 17.7 Å². The summed E-state index contributed by atoms with van der Waals surface area (Å²) in [5.41, 5.74) is 4.48. The lowest BCUT2D eigenvalue weighted by molar-refractivity contribution is -0.633. The second kappa shape index (κ2) is 5.84. The molecule has 0 N–H and O–H groups in total.